The number of piperazine rings is 1. The fraction of sp³-hybridized carbons (Fsp3) is 0.643. The van der Waals surface area contributed by atoms with Crippen LogP contribution >= 0.6 is 0 Å². The molecule has 0 amide bonds. The first-order valence-corrected chi connectivity index (χ1v) is 6.78. The van der Waals surface area contributed by atoms with Gasteiger partial charge in [0, 0.05) is 45.5 Å². The second-order valence-corrected chi connectivity index (χ2v) is 5.08. The van der Waals surface area contributed by atoms with E-state index in [0.29, 0.717) is 6.04 Å². The minimum absolute atomic E-state index is 0.698. The maximum atomic E-state index is 4.26. The van der Waals surface area contributed by atoms with Crippen molar-refractivity contribution in [1.29, 1.82) is 0 Å². The second-order valence-electron chi connectivity index (χ2n) is 5.08. The Bertz CT molecular complexity index is 380. The minimum Gasteiger partial charge on any atom is -0.373 e. The van der Waals surface area contributed by atoms with E-state index in [1.54, 1.807) is 0 Å². The van der Waals surface area contributed by atoms with E-state index in [0.717, 1.165) is 18.9 Å². The van der Waals surface area contributed by atoms with Gasteiger partial charge in [-0.1, -0.05) is 6.92 Å². The van der Waals surface area contributed by atoms with E-state index >= 15 is 0 Å². The molecule has 1 unspecified atom stereocenters. The van der Waals surface area contributed by atoms with Crippen LogP contribution in [0.25, 0.3) is 0 Å². The lowest BCUT2D eigenvalue weighted by atomic mass is 10.1. The molecular formula is C14H24N4. The first-order valence-electron chi connectivity index (χ1n) is 6.78. The van der Waals surface area contributed by atoms with E-state index in [-0.39, 0.29) is 0 Å². The lowest BCUT2D eigenvalue weighted by molar-refractivity contribution is 0.0884. The molecule has 1 fully saturated rings. The predicted molar refractivity (Wildman–Crippen MR) is 75.8 cm³/mol. The van der Waals surface area contributed by atoms with Crippen molar-refractivity contribution in [2.24, 2.45) is 0 Å². The van der Waals surface area contributed by atoms with Crippen LogP contribution in [-0.2, 0) is 6.54 Å². The molecule has 0 radical (unpaired) electrons. The molecule has 0 saturated carbocycles. The SMILES string of the molecule is CCC1CN(Cc2ccnc(NC)c2)CCN1C. The van der Waals surface area contributed by atoms with Gasteiger partial charge in [-0.25, -0.2) is 4.98 Å². The Hall–Kier alpha value is -1.13. The molecule has 0 spiro atoms. The molecule has 1 aromatic rings. The number of pyridine rings is 1. The van der Waals surface area contributed by atoms with Gasteiger partial charge in [-0.3, -0.25) is 4.90 Å². The fourth-order valence-electron chi connectivity index (χ4n) is 2.56. The lowest BCUT2D eigenvalue weighted by Gasteiger charge is -2.39. The first-order chi connectivity index (χ1) is 8.72. The van der Waals surface area contributed by atoms with Gasteiger partial charge in [-0.15, -0.1) is 0 Å². The van der Waals surface area contributed by atoms with Crippen molar-refractivity contribution in [3.05, 3.63) is 23.9 Å². The summed E-state index contributed by atoms with van der Waals surface area (Å²) in [6, 6.07) is 4.95. The standard InChI is InChI=1S/C14H24N4/c1-4-13-11-18(8-7-17(13)3)10-12-5-6-16-14(9-12)15-2/h5-6,9,13H,4,7-8,10-11H2,1-3H3,(H,15,16). The predicted octanol–water partition coefficient (Wildman–Crippen LogP) is 1.65. The Morgan fingerprint density at radius 2 is 2.28 bits per heavy atom. The zero-order valence-electron chi connectivity index (χ0n) is 11.7. The Labute approximate surface area is 110 Å². The maximum Gasteiger partial charge on any atom is 0.125 e. The van der Waals surface area contributed by atoms with Gasteiger partial charge in [0.1, 0.15) is 5.82 Å². The van der Waals surface area contributed by atoms with Crippen LogP contribution in [0.1, 0.15) is 18.9 Å². The van der Waals surface area contributed by atoms with E-state index < -0.39 is 0 Å². The molecule has 0 aliphatic carbocycles. The van der Waals surface area contributed by atoms with Crippen molar-refractivity contribution in [2.45, 2.75) is 25.9 Å². The highest BCUT2D eigenvalue weighted by atomic mass is 15.3. The van der Waals surface area contributed by atoms with Crippen molar-refractivity contribution >= 4 is 5.82 Å². The van der Waals surface area contributed by atoms with E-state index in [1.165, 1.54) is 25.1 Å². The number of nitrogens with zero attached hydrogens (tertiary/aromatic N) is 3. The molecule has 4 heteroatoms. The van der Waals surface area contributed by atoms with Gasteiger partial charge in [0.25, 0.3) is 0 Å². The normalized spacial score (nSPS) is 22.1. The molecule has 2 heterocycles. The monoisotopic (exact) mass is 248 g/mol. The molecule has 1 aliphatic rings. The molecule has 0 aromatic carbocycles. The van der Waals surface area contributed by atoms with Gasteiger partial charge < -0.3 is 10.2 Å². The number of anilines is 1. The molecule has 4 nitrogen and oxygen atoms in total. The first kappa shape index (κ1) is 13.3. The fourth-order valence-corrected chi connectivity index (χ4v) is 2.56. The van der Waals surface area contributed by atoms with Crippen LogP contribution in [0.15, 0.2) is 18.3 Å². The summed E-state index contributed by atoms with van der Waals surface area (Å²) in [5.41, 5.74) is 1.34. The average Bonchev–Trinajstić information content (AvgIpc) is 2.41. The van der Waals surface area contributed by atoms with E-state index in [4.69, 9.17) is 0 Å². The quantitative estimate of drug-likeness (QED) is 0.878. The zero-order chi connectivity index (χ0) is 13.0. The molecule has 0 bridgehead atoms. The van der Waals surface area contributed by atoms with Gasteiger partial charge in [0.05, 0.1) is 0 Å². The summed E-state index contributed by atoms with van der Waals surface area (Å²) in [6.45, 7) is 6.80. The van der Waals surface area contributed by atoms with Crippen molar-refractivity contribution in [3.63, 3.8) is 0 Å². The lowest BCUT2D eigenvalue weighted by Crippen LogP contribution is -2.50. The Kier molecular flexibility index (Phi) is 4.55. The number of nitrogens with one attached hydrogen (secondary N) is 1. The third kappa shape index (κ3) is 3.21. The van der Waals surface area contributed by atoms with Crippen molar-refractivity contribution in [2.75, 3.05) is 39.0 Å². The molecule has 1 aliphatic heterocycles. The number of hydrogen-bond acceptors (Lipinski definition) is 4. The topological polar surface area (TPSA) is 31.4 Å². The third-order valence-electron chi connectivity index (χ3n) is 3.82. The highest BCUT2D eigenvalue weighted by Crippen LogP contribution is 2.15. The van der Waals surface area contributed by atoms with Crippen LogP contribution in [0.2, 0.25) is 0 Å². The molecule has 1 aromatic heterocycles. The number of likely N-dealkylation sites (N-methyl/N-ethyl adjacent to an activating group) is 1. The smallest absolute Gasteiger partial charge is 0.125 e. The van der Waals surface area contributed by atoms with Crippen LogP contribution in [0.3, 0.4) is 0 Å². The Morgan fingerprint density at radius 1 is 1.44 bits per heavy atom. The summed E-state index contributed by atoms with van der Waals surface area (Å²) in [6.07, 6.45) is 3.11. The number of rotatable bonds is 4. The second kappa shape index (κ2) is 6.16. The van der Waals surface area contributed by atoms with Crippen molar-refractivity contribution in [3.8, 4) is 0 Å². The molecule has 1 N–H and O–H groups in total. The molecular weight excluding hydrogens is 224 g/mol. The third-order valence-corrected chi connectivity index (χ3v) is 3.82. The van der Waals surface area contributed by atoms with Gasteiger partial charge in [-0.05, 0) is 31.2 Å². The summed E-state index contributed by atoms with van der Waals surface area (Å²) in [5.74, 6) is 0.952. The van der Waals surface area contributed by atoms with Crippen LogP contribution in [-0.4, -0.2) is 54.6 Å². The Morgan fingerprint density at radius 3 is 3.00 bits per heavy atom. The van der Waals surface area contributed by atoms with Crippen molar-refractivity contribution in [1.82, 2.24) is 14.8 Å². The molecule has 2 rings (SSSR count). The summed E-state index contributed by atoms with van der Waals surface area (Å²) in [7, 11) is 4.14. The number of aromatic nitrogens is 1. The highest BCUT2D eigenvalue weighted by Gasteiger charge is 2.22. The van der Waals surface area contributed by atoms with Crippen LogP contribution in [0.5, 0.6) is 0 Å². The molecule has 100 valence electrons. The minimum atomic E-state index is 0.698. The van der Waals surface area contributed by atoms with Crippen LogP contribution in [0.4, 0.5) is 5.82 Å². The van der Waals surface area contributed by atoms with E-state index in [2.05, 4.69) is 46.2 Å². The summed E-state index contributed by atoms with van der Waals surface area (Å²) in [4.78, 5) is 9.28. The summed E-state index contributed by atoms with van der Waals surface area (Å²) >= 11 is 0. The highest BCUT2D eigenvalue weighted by molar-refractivity contribution is 5.36. The number of hydrogen-bond donors (Lipinski definition) is 1. The van der Waals surface area contributed by atoms with E-state index in [1.807, 2.05) is 13.2 Å². The van der Waals surface area contributed by atoms with Gasteiger partial charge in [0.2, 0.25) is 0 Å². The maximum absolute atomic E-state index is 4.26. The van der Waals surface area contributed by atoms with Crippen LogP contribution < -0.4 is 5.32 Å². The van der Waals surface area contributed by atoms with Gasteiger partial charge in [0.15, 0.2) is 0 Å². The summed E-state index contributed by atoms with van der Waals surface area (Å²) in [5, 5.41) is 3.09. The van der Waals surface area contributed by atoms with E-state index in [9.17, 15) is 0 Å². The van der Waals surface area contributed by atoms with Crippen LogP contribution in [0, 0.1) is 0 Å². The molecule has 1 saturated heterocycles. The zero-order valence-corrected chi connectivity index (χ0v) is 11.7. The molecule has 18 heavy (non-hydrogen) atoms. The van der Waals surface area contributed by atoms with Crippen molar-refractivity contribution < 1.29 is 0 Å². The van der Waals surface area contributed by atoms with Gasteiger partial charge >= 0.3 is 0 Å². The Balaban J connectivity index is 1.96. The average molecular weight is 248 g/mol. The molecule has 1 atom stereocenters. The largest absolute Gasteiger partial charge is 0.373 e. The van der Waals surface area contributed by atoms with Gasteiger partial charge in [-0.2, -0.15) is 0 Å². The summed E-state index contributed by atoms with van der Waals surface area (Å²) < 4.78 is 0.